The van der Waals surface area contributed by atoms with Gasteiger partial charge in [0.2, 0.25) is 0 Å². The van der Waals surface area contributed by atoms with E-state index in [1.165, 1.54) is 7.11 Å². The van der Waals surface area contributed by atoms with E-state index in [1.54, 1.807) is 4.68 Å². The van der Waals surface area contributed by atoms with Crippen LogP contribution in [0.2, 0.25) is 0 Å². The van der Waals surface area contributed by atoms with Gasteiger partial charge in [0.15, 0.2) is 5.82 Å². The van der Waals surface area contributed by atoms with Gasteiger partial charge in [-0.3, -0.25) is 0 Å². The predicted molar refractivity (Wildman–Crippen MR) is 121 cm³/mol. The van der Waals surface area contributed by atoms with Crippen LogP contribution in [-0.2, 0) is 0 Å². The van der Waals surface area contributed by atoms with E-state index in [4.69, 9.17) is 4.74 Å². The molecule has 2 aromatic heterocycles. The number of aromatic nitrogens is 4. The molecule has 170 valence electrons. The van der Waals surface area contributed by atoms with Crippen molar-refractivity contribution >= 4 is 16.7 Å². The van der Waals surface area contributed by atoms with Crippen molar-refractivity contribution in [1.82, 2.24) is 24.6 Å². The number of hydrogen-bond acceptors (Lipinski definition) is 7. The standard InChI is InChI=1S/C23H29FN6O2/c1-14-8-15-11-25-30(20(15)9-18(14)17-5-6-28(2)13-19(17)24)22-10-21(26-23(27-22)32-3)29-7-4-16(31)12-29/h8-11,16-17,19,31H,4-7,12-13H2,1-3H3/t16-,17-,19-/m1/s1. The zero-order chi connectivity index (χ0) is 22.4. The summed E-state index contributed by atoms with van der Waals surface area (Å²) in [5.41, 5.74) is 3.00. The Morgan fingerprint density at radius 3 is 2.62 bits per heavy atom. The van der Waals surface area contributed by atoms with Gasteiger partial charge >= 0.3 is 6.01 Å². The molecule has 2 saturated heterocycles. The Morgan fingerprint density at radius 1 is 1.09 bits per heavy atom. The highest BCUT2D eigenvalue weighted by molar-refractivity contribution is 5.82. The van der Waals surface area contributed by atoms with Crippen LogP contribution in [-0.4, -0.2) is 82.4 Å². The minimum absolute atomic E-state index is 0.125. The van der Waals surface area contributed by atoms with Gasteiger partial charge in [0.1, 0.15) is 12.0 Å². The van der Waals surface area contributed by atoms with Gasteiger partial charge in [0.25, 0.3) is 0 Å². The number of rotatable bonds is 4. The van der Waals surface area contributed by atoms with E-state index in [0.29, 0.717) is 31.1 Å². The van der Waals surface area contributed by atoms with Gasteiger partial charge in [-0.05, 0) is 56.6 Å². The highest BCUT2D eigenvalue weighted by Crippen LogP contribution is 2.35. The van der Waals surface area contributed by atoms with Crippen molar-refractivity contribution in [2.75, 3.05) is 45.2 Å². The third kappa shape index (κ3) is 3.80. The second-order valence-corrected chi connectivity index (χ2v) is 8.96. The van der Waals surface area contributed by atoms with Crippen LogP contribution in [0.15, 0.2) is 24.4 Å². The summed E-state index contributed by atoms with van der Waals surface area (Å²) in [5.74, 6) is 1.15. The van der Waals surface area contributed by atoms with Gasteiger partial charge in [0.05, 0.1) is 24.9 Å². The zero-order valence-electron chi connectivity index (χ0n) is 18.7. The molecular weight excluding hydrogens is 411 g/mol. The number of fused-ring (bicyclic) bond motifs is 1. The number of methoxy groups -OCH3 is 1. The highest BCUT2D eigenvalue weighted by Gasteiger charge is 2.30. The molecule has 8 nitrogen and oxygen atoms in total. The number of β-amino-alcohol motifs (C(OH)–C–C–N with tert-alkyl or cyclic N) is 1. The van der Waals surface area contributed by atoms with Crippen LogP contribution >= 0.6 is 0 Å². The Morgan fingerprint density at radius 2 is 1.91 bits per heavy atom. The molecule has 32 heavy (non-hydrogen) atoms. The summed E-state index contributed by atoms with van der Waals surface area (Å²) in [5, 5.41) is 15.5. The first kappa shape index (κ1) is 21.1. The fraction of sp³-hybridized carbons (Fsp3) is 0.522. The zero-order valence-corrected chi connectivity index (χ0v) is 18.7. The van der Waals surface area contributed by atoms with E-state index in [9.17, 15) is 9.50 Å². The maximum atomic E-state index is 14.9. The second kappa shape index (κ2) is 8.29. The minimum Gasteiger partial charge on any atom is -0.467 e. The molecule has 1 N–H and O–H groups in total. The maximum Gasteiger partial charge on any atom is 0.320 e. The molecule has 0 amide bonds. The van der Waals surface area contributed by atoms with Crippen molar-refractivity contribution < 1.29 is 14.2 Å². The van der Waals surface area contributed by atoms with Gasteiger partial charge in [-0.1, -0.05) is 0 Å². The molecular formula is C23H29FN6O2. The number of aryl methyl sites for hydroxylation is 1. The Labute approximate surface area is 186 Å². The molecule has 0 spiro atoms. The topological polar surface area (TPSA) is 79.5 Å². The summed E-state index contributed by atoms with van der Waals surface area (Å²) in [6.07, 6.45) is 2.05. The normalized spacial score (nSPS) is 24.4. The van der Waals surface area contributed by atoms with Crippen LogP contribution < -0.4 is 9.64 Å². The highest BCUT2D eigenvalue weighted by atomic mass is 19.1. The molecule has 2 aliphatic rings. The maximum absolute atomic E-state index is 14.9. The lowest BCUT2D eigenvalue weighted by Crippen LogP contribution is -2.38. The first-order valence-corrected chi connectivity index (χ1v) is 11.1. The number of benzene rings is 1. The SMILES string of the molecule is COc1nc(N2CC[C@@H](O)C2)cc(-n2ncc3cc(C)c([C@H]4CCN(C)C[C@H]4F)cc32)n1. The van der Waals surface area contributed by atoms with Crippen molar-refractivity contribution in [2.45, 2.75) is 38.0 Å². The third-order valence-electron chi connectivity index (χ3n) is 6.67. The van der Waals surface area contributed by atoms with Gasteiger partial charge < -0.3 is 19.6 Å². The van der Waals surface area contributed by atoms with Gasteiger partial charge in [-0.25, -0.2) is 9.07 Å². The van der Waals surface area contributed by atoms with E-state index < -0.39 is 6.17 Å². The number of aliphatic hydroxyl groups is 1. The van der Waals surface area contributed by atoms with Crippen molar-refractivity contribution in [3.63, 3.8) is 0 Å². The summed E-state index contributed by atoms with van der Waals surface area (Å²) in [7, 11) is 3.50. The van der Waals surface area contributed by atoms with Crippen LogP contribution in [0.1, 0.15) is 29.9 Å². The lowest BCUT2D eigenvalue weighted by Gasteiger charge is -2.33. The monoisotopic (exact) mass is 440 g/mol. The Bertz CT molecular complexity index is 1140. The summed E-state index contributed by atoms with van der Waals surface area (Å²) >= 11 is 0. The summed E-state index contributed by atoms with van der Waals surface area (Å²) in [4.78, 5) is 13.1. The van der Waals surface area contributed by atoms with E-state index in [0.717, 1.165) is 41.5 Å². The second-order valence-electron chi connectivity index (χ2n) is 8.96. The predicted octanol–water partition coefficient (Wildman–Crippen LogP) is 2.46. The van der Waals surface area contributed by atoms with Crippen molar-refractivity contribution in [1.29, 1.82) is 0 Å². The molecule has 9 heteroatoms. The number of halogens is 1. The Balaban J connectivity index is 1.57. The molecule has 0 aliphatic carbocycles. The molecule has 0 unspecified atom stereocenters. The number of alkyl halides is 1. The van der Waals surface area contributed by atoms with Crippen molar-refractivity contribution in [3.05, 3.63) is 35.5 Å². The summed E-state index contributed by atoms with van der Waals surface area (Å²) < 4.78 is 22.1. The van der Waals surface area contributed by atoms with Crippen LogP contribution in [0, 0.1) is 6.92 Å². The van der Waals surface area contributed by atoms with Crippen molar-refractivity contribution in [3.8, 4) is 11.8 Å². The van der Waals surface area contributed by atoms with E-state index in [-0.39, 0.29) is 18.0 Å². The number of hydrogen-bond donors (Lipinski definition) is 1. The number of anilines is 1. The fourth-order valence-electron chi connectivity index (χ4n) is 4.91. The van der Waals surface area contributed by atoms with Crippen LogP contribution in [0.4, 0.5) is 10.2 Å². The third-order valence-corrected chi connectivity index (χ3v) is 6.67. The van der Waals surface area contributed by atoms with Gasteiger partial charge in [-0.15, -0.1) is 0 Å². The molecule has 3 atom stereocenters. The molecule has 2 fully saturated rings. The van der Waals surface area contributed by atoms with Crippen LogP contribution in [0.3, 0.4) is 0 Å². The molecule has 0 bridgehead atoms. The summed E-state index contributed by atoms with van der Waals surface area (Å²) in [6, 6.07) is 6.25. The largest absolute Gasteiger partial charge is 0.467 e. The molecule has 1 aromatic carbocycles. The average molecular weight is 441 g/mol. The Hall–Kier alpha value is -2.78. The number of aliphatic hydroxyl groups excluding tert-OH is 1. The number of nitrogens with zero attached hydrogens (tertiary/aromatic N) is 6. The molecule has 4 heterocycles. The lowest BCUT2D eigenvalue weighted by atomic mass is 9.85. The first-order valence-electron chi connectivity index (χ1n) is 11.1. The fourth-order valence-corrected chi connectivity index (χ4v) is 4.91. The van der Waals surface area contributed by atoms with Crippen molar-refractivity contribution in [2.24, 2.45) is 0 Å². The lowest BCUT2D eigenvalue weighted by molar-refractivity contribution is 0.139. The molecule has 2 aliphatic heterocycles. The first-order chi connectivity index (χ1) is 15.4. The van der Waals surface area contributed by atoms with E-state index in [2.05, 4.69) is 27.2 Å². The molecule has 0 radical (unpaired) electrons. The minimum atomic E-state index is -0.895. The molecule has 3 aromatic rings. The molecule has 0 saturated carbocycles. The number of ether oxygens (including phenoxy) is 1. The summed E-state index contributed by atoms with van der Waals surface area (Å²) in [6.45, 7) is 4.63. The molecule has 5 rings (SSSR count). The van der Waals surface area contributed by atoms with Gasteiger partial charge in [-0.2, -0.15) is 15.1 Å². The average Bonchev–Trinajstić information content (AvgIpc) is 3.39. The number of piperidine rings is 1. The van der Waals surface area contributed by atoms with Crippen LogP contribution in [0.25, 0.3) is 16.7 Å². The van der Waals surface area contributed by atoms with Crippen LogP contribution in [0.5, 0.6) is 6.01 Å². The number of likely N-dealkylation sites (tertiary alicyclic amines) is 1. The van der Waals surface area contributed by atoms with E-state index >= 15 is 0 Å². The smallest absolute Gasteiger partial charge is 0.320 e. The quantitative estimate of drug-likeness (QED) is 0.668. The van der Waals surface area contributed by atoms with Gasteiger partial charge in [0, 0.05) is 37.0 Å². The Kier molecular flexibility index (Phi) is 5.46. The van der Waals surface area contributed by atoms with E-state index in [1.807, 2.05) is 36.0 Å².